The van der Waals surface area contributed by atoms with Crippen LogP contribution >= 0.6 is 0 Å². The largest absolute Gasteiger partial charge is 0.392 e. The van der Waals surface area contributed by atoms with Crippen LogP contribution in [-0.4, -0.2) is 47.8 Å². The second-order valence-electron chi connectivity index (χ2n) is 10.0. The van der Waals surface area contributed by atoms with Crippen molar-refractivity contribution in [2.45, 2.75) is 71.6 Å². The molecule has 0 aliphatic heterocycles. The van der Waals surface area contributed by atoms with E-state index in [4.69, 9.17) is 4.74 Å². The van der Waals surface area contributed by atoms with Gasteiger partial charge in [0.1, 0.15) is 0 Å². The molecule has 0 radical (unpaired) electrons. The van der Waals surface area contributed by atoms with Crippen molar-refractivity contribution >= 4 is 11.8 Å². The van der Waals surface area contributed by atoms with Crippen molar-refractivity contribution in [3.05, 3.63) is 30.1 Å². The molecule has 2 amide bonds. The molecule has 3 N–H and O–H groups in total. The second kappa shape index (κ2) is 10.8. The molecule has 7 heteroatoms. The smallest absolute Gasteiger partial charge is 0.223 e. The van der Waals surface area contributed by atoms with Crippen LogP contribution in [0.15, 0.2) is 24.4 Å². The predicted molar refractivity (Wildman–Crippen MR) is 122 cm³/mol. The fraction of sp³-hybridized carbons (Fsp3) is 0.720. The van der Waals surface area contributed by atoms with Gasteiger partial charge in [-0.25, -0.2) is 0 Å². The summed E-state index contributed by atoms with van der Waals surface area (Å²) >= 11 is 0. The summed E-state index contributed by atoms with van der Waals surface area (Å²) in [6.45, 7) is 7.12. The number of carbonyl (C=O) groups excluding carboxylic acids is 2. The normalized spacial score (nSPS) is 33.1. The average Bonchev–Trinajstić information content (AvgIpc) is 2.78. The number of nitrogens with zero attached hydrogens (tertiary/aromatic N) is 1. The molecule has 0 aromatic carbocycles. The number of amides is 2. The summed E-state index contributed by atoms with van der Waals surface area (Å²) in [7, 11) is 1.59. The second-order valence-corrected chi connectivity index (χ2v) is 10.0. The fourth-order valence-corrected chi connectivity index (χ4v) is 6.01. The summed E-state index contributed by atoms with van der Waals surface area (Å²) < 4.78 is 5.02. The van der Waals surface area contributed by atoms with Crippen molar-refractivity contribution in [3.8, 4) is 0 Å². The molecule has 32 heavy (non-hydrogen) atoms. The number of fused-ring (bicyclic) bond motifs is 1. The molecule has 2 aliphatic rings. The zero-order valence-corrected chi connectivity index (χ0v) is 19.8. The van der Waals surface area contributed by atoms with Gasteiger partial charge in [-0.15, -0.1) is 0 Å². The van der Waals surface area contributed by atoms with Gasteiger partial charge in [-0.1, -0.05) is 26.8 Å². The maximum Gasteiger partial charge on any atom is 0.223 e. The molecular formula is C25H39N3O4. The summed E-state index contributed by atoms with van der Waals surface area (Å²) in [4.78, 5) is 29.4. The van der Waals surface area contributed by atoms with E-state index in [0.29, 0.717) is 19.6 Å². The Bertz CT molecular complexity index is 774. The lowest BCUT2D eigenvalue weighted by Gasteiger charge is -2.56. The molecule has 178 valence electrons. The average molecular weight is 446 g/mol. The Kier molecular flexibility index (Phi) is 8.28. The Morgan fingerprint density at radius 3 is 2.75 bits per heavy atom. The fourth-order valence-electron chi connectivity index (χ4n) is 6.01. The van der Waals surface area contributed by atoms with Crippen LogP contribution in [0.3, 0.4) is 0 Å². The topological polar surface area (TPSA) is 101 Å². The SMILES string of the molecule is COCCC(=O)N[C@H]1CC[C@@]2(C)CC[C@@H]([C@H](C)C(=O)NCc3ccccn3)[C@H](O)[C@H]2[C@H]1C. The van der Waals surface area contributed by atoms with E-state index in [1.165, 1.54) is 0 Å². The van der Waals surface area contributed by atoms with Gasteiger partial charge in [-0.2, -0.15) is 0 Å². The highest BCUT2D eigenvalue weighted by molar-refractivity contribution is 5.78. The molecule has 1 aromatic rings. The minimum atomic E-state index is -0.571. The standard InChI is InChI=1S/C25H39N3O4/c1-16(24(31)27-15-18-7-5-6-13-26-18)19-8-11-25(3)12-9-20(17(2)22(25)23(19)30)28-21(29)10-14-32-4/h5-7,13,16-17,19-20,22-23,30H,8-12,14-15H2,1-4H3,(H,27,31)(H,28,29)/t16-,17-,19-,20-,22+,23-,25+/m0/s1. The Hall–Kier alpha value is -1.99. The molecular weight excluding hydrogens is 406 g/mol. The van der Waals surface area contributed by atoms with E-state index in [0.717, 1.165) is 31.4 Å². The third-order valence-electron chi connectivity index (χ3n) is 7.99. The van der Waals surface area contributed by atoms with Crippen molar-refractivity contribution in [1.29, 1.82) is 0 Å². The van der Waals surface area contributed by atoms with Crippen LogP contribution in [0, 0.1) is 29.1 Å². The molecule has 1 heterocycles. The third kappa shape index (κ3) is 5.49. The van der Waals surface area contributed by atoms with Gasteiger partial charge in [0.2, 0.25) is 11.8 Å². The van der Waals surface area contributed by atoms with Crippen LogP contribution < -0.4 is 10.6 Å². The molecule has 7 nitrogen and oxygen atoms in total. The van der Waals surface area contributed by atoms with Gasteiger partial charge in [-0.3, -0.25) is 14.6 Å². The highest BCUT2D eigenvalue weighted by atomic mass is 16.5. The van der Waals surface area contributed by atoms with Crippen LogP contribution in [0.25, 0.3) is 0 Å². The number of methoxy groups -OCH3 is 1. The molecule has 0 saturated heterocycles. The van der Waals surface area contributed by atoms with Crippen LogP contribution in [-0.2, 0) is 20.9 Å². The quantitative estimate of drug-likeness (QED) is 0.571. The van der Waals surface area contributed by atoms with Crippen LogP contribution in [0.1, 0.15) is 58.6 Å². The third-order valence-corrected chi connectivity index (χ3v) is 7.99. The summed E-state index contributed by atoms with van der Waals surface area (Å²) in [6.07, 6.45) is 5.21. The number of pyridine rings is 1. The van der Waals surface area contributed by atoms with E-state index in [9.17, 15) is 14.7 Å². The summed E-state index contributed by atoms with van der Waals surface area (Å²) in [6, 6.07) is 5.68. The van der Waals surface area contributed by atoms with Crippen molar-refractivity contribution < 1.29 is 19.4 Å². The number of rotatable bonds is 8. The number of aliphatic hydroxyl groups excluding tert-OH is 1. The Morgan fingerprint density at radius 2 is 2.06 bits per heavy atom. The zero-order chi connectivity index (χ0) is 23.3. The Labute approximate surface area is 191 Å². The van der Waals surface area contributed by atoms with Crippen molar-refractivity contribution in [3.63, 3.8) is 0 Å². The number of hydrogen-bond acceptors (Lipinski definition) is 5. The van der Waals surface area contributed by atoms with Crippen molar-refractivity contribution in [2.24, 2.45) is 29.1 Å². The van der Waals surface area contributed by atoms with E-state index >= 15 is 0 Å². The first-order valence-corrected chi connectivity index (χ1v) is 11.9. The lowest BCUT2D eigenvalue weighted by Crippen LogP contribution is -2.58. The molecule has 2 aliphatic carbocycles. The van der Waals surface area contributed by atoms with Gasteiger partial charge < -0.3 is 20.5 Å². The molecule has 2 saturated carbocycles. The highest BCUT2D eigenvalue weighted by Crippen LogP contribution is 2.55. The lowest BCUT2D eigenvalue weighted by molar-refractivity contribution is -0.144. The zero-order valence-electron chi connectivity index (χ0n) is 19.8. The lowest BCUT2D eigenvalue weighted by atomic mass is 9.51. The van der Waals surface area contributed by atoms with Gasteiger partial charge in [0, 0.05) is 31.7 Å². The number of ether oxygens (including phenoxy) is 1. The van der Waals surface area contributed by atoms with Gasteiger partial charge >= 0.3 is 0 Å². The summed E-state index contributed by atoms with van der Waals surface area (Å²) in [5.41, 5.74) is 0.852. The van der Waals surface area contributed by atoms with Crippen molar-refractivity contribution in [2.75, 3.05) is 13.7 Å². The number of aromatic nitrogens is 1. The van der Waals surface area contributed by atoms with E-state index in [-0.39, 0.29) is 46.9 Å². The van der Waals surface area contributed by atoms with E-state index in [2.05, 4.69) is 29.5 Å². The van der Waals surface area contributed by atoms with E-state index < -0.39 is 6.10 Å². The molecule has 2 fully saturated rings. The van der Waals surface area contributed by atoms with E-state index in [1.807, 2.05) is 25.1 Å². The molecule has 1 aromatic heterocycles. The number of aliphatic hydroxyl groups is 1. The first-order valence-electron chi connectivity index (χ1n) is 11.9. The monoisotopic (exact) mass is 445 g/mol. The number of hydrogen-bond donors (Lipinski definition) is 3. The minimum Gasteiger partial charge on any atom is -0.392 e. The molecule has 0 spiro atoms. The first-order chi connectivity index (χ1) is 15.3. The number of carbonyl (C=O) groups is 2. The van der Waals surface area contributed by atoms with Gasteiger partial charge in [0.05, 0.1) is 24.9 Å². The Morgan fingerprint density at radius 1 is 1.31 bits per heavy atom. The maximum absolute atomic E-state index is 12.9. The minimum absolute atomic E-state index is 0.00332. The van der Waals surface area contributed by atoms with Crippen LogP contribution in [0.4, 0.5) is 0 Å². The highest BCUT2D eigenvalue weighted by Gasteiger charge is 2.53. The molecule has 3 rings (SSSR count). The van der Waals surface area contributed by atoms with Crippen LogP contribution in [0.2, 0.25) is 0 Å². The number of nitrogens with one attached hydrogen (secondary N) is 2. The Balaban J connectivity index is 1.64. The molecule has 7 atom stereocenters. The maximum atomic E-state index is 12.9. The molecule has 0 bridgehead atoms. The van der Waals surface area contributed by atoms with Gasteiger partial charge in [-0.05, 0) is 61.0 Å². The summed E-state index contributed by atoms with van der Waals surface area (Å²) in [5.74, 6) is -0.243. The van der Waals surface area contributed by atoms with Crippen LogP contribution in [0.5, 0.6) is 0 Å². The summed E-state index contributed by atoms with van der Waals surface area (Å²) in [5, 5.41) is 17.6. The van der Waals surface area contributed by atoms with E-state index in [1.54, 1.807) is 13.3 Å². The predicted octanol–water partition coefficient (Wildman–Crippen LogP) is 2.68. The van der Waals surface area contributed by atoms with Crippen molar-refractivity contribution in [1.82, 2.24) is 15.6 Å². The molecule has 0 unspecified atom stereocenters. The van der Waals surface area contributed by atoms with Gasteiger partial charge in [0.15, 0.2) is 0 Å². The first kappa shape index (κ1) is 24.6. The van der Waals surface area contributed by atoms with Gasteiger partial charge in [0.25, 0.3) is 0 Å².